The topological polar surface area (TPSA) is 122 Å². The molecule has 0 saturated heterocycles. The van der Waals surface area contributed by atoms with Crippen LogP contribution in [0.5, 0.6) is 0 Å². The molecule has 88 valence electrons. The lowest BCUT2D eigenvalue weighted by Gasteiger charge is -1.92. The zero-order chi connectivity index (χ0) is 12.0. The Kier molecular flexibility index (Phi) is 4.27. The van der Waals surface area contributed by atoms with Crippen molar-refractivity contribution >= 4 is 9.84 Å². The van der Waals surface area contributed by atoms with Gasteiger partial charge in [0.05, 0.1) is 0 Å². The van der Waals surface area contributed by atoms with Crippen molar-refractivity contribution in [2.75, 3.05) is 12.8 Å². The minimum atomic E-state index is -3.43. The van der Waals surface area contributed by atoms with Gasteiger partial charge in [0.25, 0.3) is 0 Å². The van der Waals surface area contributed by atoms with Gasteiger partial charge in [-0.3, -0.25) is 0 Å². The van der Waals surface area contributed by atoms with Gasteiger partial charge in [0.15, 0.2) is 0 Å². The second-order valence-electron chi connectivity index (χ2n) is 3.15. The fraction of sp³-hybridized carbons (Fsp3) is 0.714. The van der Waals surface area contributed by atoms with Crippen LogP contribution >= 0.6 is 0 Å². The summed E-state index contributed by atoms with van der Waals surface area (Å²) in [6.07, 6.45) is 2.88. The fourth-order valence-electron chi connectivity index (χ4n) is 0.993. The van der Waals surface area contributed by atoms with Crippen LogP contribution in [0.2, 0.25) is 0 Å². The number of hydrogen-bond acceptors (Lipinski definition) is 6. The summed E-state index contributed by atoms with van der Waals surface area (Å²) < 4.78 is 27.0. The Morgan fingerprint density at radius 3 is 2.75 bits per heavy atom. The lowest BCUT2D eigenvalue weighted by Crippen LogP contribution is -1.96. The largest absolute Gasteiger partial charge is 0.413 e. The monoisotopic (exact) mass is 245 g/mol. The Morgan fingerprint density at radius 1 is 1.44 bits per heavy atom. The summed E-state index contributed by atoms with van der Waals surface area (Å²) in [7, 11) is -3.43. The van der Waals surface area contributed by atoms with Crippen molar-refractivity contribution in [3.8, 4) is 0 Å². The maximum atomic E-state index is 11.0. The van der Waals surface area contributed by atoms with Crippen LogP contribution in [0.25, 0.3) is 10.4 Å². The van der Waals surface area contributed by atoms with E-state index in [-0.39, 0.29) is 11.1 Å². The van der Waals surface area contributed by atoms with Crippen LogP contribution in [-0.2, 0) is 16.3 Å². The first-order valence-electron chi connectivity index (χ1n) is 4.57. The molecule has 0 saturated carbocycles. The molecule has 1 heterocycles. The molecule has 0 aliphatic carbocycles. The van der Waals surface area contributed by atoms with Crippen molar-refractivity contribution in [2.24, 2.45) is 5.11 Å². The summed E-state index contributed by atoms with van der Waals surface area (Å²) in [6.45, 7) is 0.406. The fourth-order valence-corrected chi connectivity index (χ4v) is 1.43. The SMILES string of the molecule is CS(=O)(=O)c1nnc(CCCCN=[N+]=[N-])o1. The number of hydrogen-bond donors (Lipinski definition) is 0. The molecule has 9 heteroatoms. The quantitative estimate of drug-likeness (QED) is 0.321. The van der Waals surface area contributed by atoms with Crippen LogP contribution in [0.3, 0.4) is 0 Å². The standard InChI is InChI=1S/C7H11N5O3S/c1-16(13,14)7-11-10-6(15-7)4-2-3-5-9-12-8/h2-5H2,1H3. The highest BCUT2D eigenvalue weighted by molar-refractivity contribution is 7.90. The lowest BCUT2D eigenvalue weighted by atomic mass is 10.2. The first-order valence-corrected chi connectivity index (χ1v) is 6.46. The van der Waals surface area contributed by atoms with E-state index in [1.54, 1.807) is 0 Å². The molecular weight excluding hydrogens is 234 g/mol. The summed E-state index contributed by atoms with van der Waals surface area (Å²) in [6, 6.07) is 0. The van der Waals surface area contributed by atoms with Gasteiger partial charge in [-0.25, -0.2) is 8.42 Å². The second-order valence-corrected chi connectivity index (χ2v) is 5.04. The minimum Gasteiger partial charge on any atom is -0.413 e. The van der Waals surface area contributed by atoms with Crippen molar-refractivity contribution in [3.63, 3.8) is 0 Å². The lowest BCUT2D eigenvalue weighted by molar-refractivity contribution is 0.393. The first kappa shape index (κ1) is 12.5. The molecular formula is C7H11N5O3S. The van der Waals surface area contributed by atoms with E-state index in [0.717, 1.165) is 6.26 Å². The van der Waals surface area contributed by atoms with Crippen molar-refractivity contribution in [3.05, 3.63) is 16.3 Å². The van der Waals surface area contributed by atoms with E-state index in [0.29, 0.717) is 25.8 Å². The average molecular weight is 245 g/mol. The molecule has 0 unspecified atom stereocenters. The van der Waals surface area contributed by atoms with Crippen LogP contribution in [0.1, 0.15) is 18.7 Å². The van der Waals surface area contributed by atoms with Gasteiger partial charge in [-0.1, -0.05) is 10.2 Å². The van der Waals surface area contributed by atoms with Gasteiger partial charge >= 0.3 is 5.22 Å². The van der Waals surface area contributed by atoms with Crippen LogP contribution in [-0.4, -0.2) is 31.4 Å². The molecule has 0 spiro atoms. The van der Waals surface area contributed by atoms with E-state index in [4.69, 9.17) is 9.95 Å². The van der Waals surface area contributed by atoms with Gasteiger partial charge in [0.1, 0.15) is 0 Å². The summed E-state index contributed by atoms with van der Waals surface area (Å²) >= 11 is 0. The molecule has 0 atom stereocenters. The third kappa shape index (κ3) is 3.87. The summed E-state index contributed by atoms with van der Waals surface area (Å²) in [5.41, 5.74) is 8.03. The van der Waals surface area contributed by atoms with Crippen LogP contribution in [0, 0.1) is 0 Å². The Morgan fingerprint density at radius 2 is 2.19 bits per heavy atom. The van der Waals surface area contributed by atoms with E-state index < -0.39 is 9.84 Å². The van der Waals surface area contributed by atoms with E-state index >= 15 is 0 Å². The Bertz CT molecular complexity index is 488. The molecule has 0 radical (unpaired) electrons. The summed E-state index contributed by atoms with van der Waals surface area (Å²) in [5, 5.41) is 10.0. The van der Waals surface area contributed by atoms with Crippen molar-refractivity contribution in [1.29, 1.82) is 0 Å². The van der Waals surface area contributed by atoms with Gasteiger partial charge < -0.3 is 4.42 Å². The number of aryl methyl sites for hydroxylation is 1. The minimum absolute atomic E-state index is 0.279. The predicted molar refractivity (Wildman–Crippen MR) is 54.4 cm³/mol. The molecule has 8 nitrogen and oxygen atoms in total. The van der Waals surface area contributed by atoms with Gasteiger partial charge in [0, 0.05) is 24.1 Å². The highest BCUT2D eigenvalue weighted by Gasteiger charge is 2.15. The third-order valence-electron chi connectivity index (χ3n) is 1.73. The molecule has 0 aromatic carbocycles. The van der Waals surface area contributed by atoms with E-state index in [1.165, 1.54) is 0 Å². The van der Waals surface area contributed by atoms with Crippen LogP contribution in [0.4, 0.5) is 0 Å². The van der Waals surface area contributed by atoms with E-state index in [2.05, 4.69) is 20.2 Å². The maximum Gasteiger partial charge on any atom is 0.335 e. The van der Waals surface area contributed by atoms with E-state index in [9.17, 15) is 8.42 Å². The number of nitrogens with zero attached hydrogens (tertiary/aromatic N) is 5. The number of rotatable bonds is 6. The maximum absolute atomic E-state index is 11.0. The van der Waals surface area contributed by atoms with Crippen LogP contribution in [0.15, 0.2) is 14.8 Å². The molecule has 0 fully saturated rings. The zero-order valence-corrected chi connectivity index (χ0v) is 9.51. The molecule has 1 aromatic heterocycles. The molecule has 1 rings (SSSR count). The molecule has 1 aromatic rings. The third-order valence-corrected chi connectivity index (χ3v) is 2.53. The number of aromatic nitrogens is 2. The van der Waals surface area contributed by atoms with Gasteiger partial charge in [0.2, 0.25) is 15.7 Å². The molecule has 0 aliphatic rings. The summed E-state index contributed by atoms with van der Waals surface area (Å²) in [5.74, 6) is 0.279. The van der Waals surface area contributed by atoms with Gasteiger partial charge in [-0.2, -0.15) is 0 Å². The molecule has 16 heavy (non-hydrogen) atoms. The smallest absolute Gasteiger partial charge is 0.335 e. The summed E-state index contributed by atoms with van der Waals surface area (Å²) in [4.78, 5) is 2.61. The average Bonchev–Trinajstić information content (AvgIpc) is 2.65. The number of sulfone groups is 1. The number of azide groups is 1. The Balaban J connectivity index is 2.44. The van der Waals surface area contributed by atoms with Gasteiger partial charge in [-0.05, 0) is 18.4 Å². The molecule has 0 amide bonds. The first-order chi connectivity index (χ1) is 7.54. The second kappa shape index (κ2) is 5.47. The molecule has 0 aliphatic heterocycles. The Hall–Kier alpha value is -1.60. The van der Waals surface area contributed by atoms with Gasteiger partial charge in [-0.15, -0.1) is 5.10 Å². The van der Waals surface area contributed by atoms with Crippen LogP contribution < -0.4 is 0 Å². The Labute approximate surface area is 92.2 Å². The van der Waals surface area contributed by atoms with Crippen molar-refractivity contribution in [1.82, 2.24) is 10.2 Å². The van der Waals surface area contributed by atoms with Crippen molar-refractivity contribution < 1.29 is 12.8 Å². The highest BCUT2D eigenvalue weighted by atomic mass is 32.2. The number of unbranched alkanes of at least 4 members (excludes halogenated alkanes) is 1. The highest BCUT2D eigenvalue weighted by Crippen LogP contribution is 2.09. The predicted octanol–water partition coefficient (Wildman–Crippen LogP) is 1.11. The normalized spacial score (nSPS) is 11.1. The zero-order valence-electron chi connectivity index (χ0n) is 8.70. The van der Waals surface area contributed by atoms with E-state index in [1.807, 2.05) is 0 Å². The molecule has 0 bridgehead atoms. The molecule has 0 N–H and O–H groups in total. The van der Waals surface area contributed by atoms with Crippen molar-refractivity contribution in [2.45, 2.75) is 24.5 Å².